The molecule has 1 saturated carbocycles. The second-order valence-electron chi connectivity index (χ2n) is 9.40. The molecule has 2 unspecified atom stereocenters. The van der Waals surface area contributed by atoms with Gasteiger partial charge < -0.3 is 20.5 Å². The minimum Gasteiger partial charge on any atom is -0.480 e. The fourth-order valence-electron chi connectivity index (χ4n) is 4.99. The van der Waals surface area contributed by atoms with Gasteiger partial charge in [-0.15, -0.1) is 11.8 Å². The zero-order chi connectivity index (χ0) is 28.2. The summed E-state index contributed by atoms with van der Waals surface area (Å²) < 4.78 is 5.25. The third kappa shape index (κ3) is 6.45. The van der Waals surface area contributed by atoms with Crippen LogP contribution < -0.4 is 10.6 Å². The van der Waals surface area contributed by atoms with E-state index in [0.29, 0.717) is 17.0 Å². The molecule has 1 aliphatic heterocycles. The first kappa shape index (κ1) is 29.0. The van der Waals surface area contributed by atoms with Crippen molar-refractivity contribution in [3.05, 3.63) is 63.6 Å². The van der Waals surface area contributed by atoms with Crippen molar-refractivity contribution in [2.45, 2.75) is 56.0 Å². The number of carbonyl (C=O) groups is 4. The lowest BCUT2D eigenvalue weighted by atomic mass is 10.0. The predicted octanol–water partition coefficient (Wildman–Crippen LogP) is 5.20. The van der Waals surface area contributed by atoms with E-state index in [1.165, 1.54) is 4.90 Å². The molecule has 1 heterocycles. The summed E-state index contributed by atoms with van der Waals surface area (Å²) in [6, 6.07) is 9.31. The van der Waals surface area contributed by atoms with Crippen LogP contribution in [0.1, 0.15) is 48.5 Å². The van der Waals surface area contributed by atoms with E-state index in [4.69, 9.17) is 27.9 Å². The molecule has 3 N–H and O–H groups in total. The molecule has 1 spiro atoms. The lowest BCUT2D eigenvalue weighted by molar-refractivity contribution is -0.142. The van der Waals surface area contributed by atoms with Crippen molar-refractivity contribution in [2.24, 2.45) is 0 Å². The van der Waals surface area contributed by atoms with Gasteiger partial charge in [-0.2, -0.15) is 0 Å². The standard InChI is InChI=1S/C27H29Cl2N3O6S/c1-2-38-26(37)32-21(15-39-27(32)12-3-4-13-27)23(33)31-20(25(35)36)14-16-8-10-17(11-9-16)30-24(34)22-18(28)6-5-7-19(22)29/h5-11,20-21H,2-4,12-15H2,1H3,(H,30,34)(H,31,33)(H,35,36). The van der Waals surface area contributed by atoms with Crippen molar-refractivity contribution in [3.8, 4) is 0 Å². The van der Waals surface area contributed by atoms with Crippen molar-refractivity contribution in [1.82, 2.24) is 10.2 Å². The van der Waals surface area contributed by atoms with Crippen LogP contribution in [0, 0.1) is 0 Å². The molecule has 0 bridgehead atoms. The van der Waals surface area contributed by atoms with E-state index in [1.807, 2.05) is 0 Å². The Balaban J connectivity index is 1.42. The molecule has 9 nitrogen and oxygen atoms in total. The second kappa shape index (κ2) is 12.5. The van der Waals surface area contributed by atoms with Gasteiger partial charge in [0.2, 0.25) is 5.91 Å². The predicted molar refractivity (Wildman–Crippen MR) is 150 cm³/mol. The number of nitrogens with one attached hydrogen (secondary N) is 2. The first-order valence-corrected chi connectivity index (χ1v) is 14.4. The Bertz CT molecular complexity index is 1230. The SMILES string of the molecule is CCOC(=O)N1C(C(=O)NC(Cc2ccc(NC(=O)c3c(Cl)cccc3Cl)cc2)C(=O)O)CSC12CCCC2. The van der Waals surface area contributed by atoms with E-state index in [9.17, 15) is 24.3 Å². The lowest BCUT2D eigenvalue weighted by Crippen LogP contribution is -2.56. The molecule has 2 fully saturated rings. The molecular weight excluding hydrogens is 565 g/mol. The summed E-state index contributed by atoms with van der Waals surface area (Å²) in [6.07, 6.45) is 2.92. The van der Waals surface area contributed by atoms with Gasteiger partial charge in [-0.05, 0) is 49.6 Å². The molecule has 2 aliphatic rings. The molecule has 208 valence electrons. The number of hydrogen-bond donors (Lipinski definition) is 3. The Morgan fingerprint density at radius 1 is 1.10 bits per heavy atom. The highest BCUT2D eigenvalue weighted by atomic mass is 35.5. The Morgan fingerprint density at radius 2 is 1.74 bits per heavy atom. The number of rotatable bonds is 8. The number of aliphatic carboxylic acids is 1. The van der Waals surface area contributed by atoms with Crippen LogP contribution in [0.5, 0.6) is 0 Å². The van der Waals surface area contributed by atoms with E-state index in [-0.39, 0.29) is 28.6 Å². The first-order chi connectivity index (χ1) is 18.6. The van der Waals surface area contributed by atoms with Gasteiger partial charge in [0.25, 0.3) is 5.91 Å². The molecule has 2 aromatic carbocycles. The number of carboxylic acid groups (broad SMARTS) is 1. The minimum absolute atomic E-state index is 0.00997. The van der Waals surface area contributed by atoms with Crippen LogP contribution in [0.25, 0.3) is 0 Å². The van der Waals surface area contributed by atoms with Crippen molar-refractivity contribution in [3.63, 3.8) is 0 Å². The average Bonchev–Trinajstić information content (AvgIpc) is 3.52. The lowest BCUT2D eigenvalue weighted by Gasteiger charge is -2.36. The van der Waals surface area contributed by atoms with E-state index in [0.717, 1.165) is 25.7 Å². The highest BCUT2D eigenvalue weighted by molar-refractivity contribution is 8.01. The Labute approximate surface area is 240 Å². The normalized spacial score (nSPS) is 18.5. The molecule has 0 radical (unpaired) electrons. The summed E-state index contributed by atoms with van der Waals surface area (Å²) in [6.45, 7) is 1.89. The summed E-state index contributed by atoms with van der Waals surface area (Å²) in [5.41, 5.74) is 1.25. The smallest absolute Gasteiger partial charge is 0.411 e. The van der Waals surface area contributed by atoms with Gasteiger partial charge >= 0.3 is 12.1 Å². The summed E-state index contributed by atoms with van der Waals surface area (Å²) >= 11 is 13.8. The zero-order valence-electron chi connectivity index (χ0n) is 21.2. The van der Waals surface area contributed by atoms with Crippen LogP contribution >= 0.6 is 35.0 Å². The average molecular weight is 595 g/mol. The van der Waals surface area contributed by atoms with Gasteiger partial charge in [0.1, 0.15) is 12.1 Å². The number of hydrogen-bond acceptors (Lipinski definition) is 6. The summed E-state index contributed by atoms with van der Waals surface area (Å²) in [4.78, 5) is 51.8. The summed E-state index contributed by atoms with van der Waals surface area (Å²) in [5.74, 6) is -1.82. The Hall–Kier alpha value is -2.95. The number of carbonyl (C=O) groups excluding carboxylic acids is 3. The zero-order valence-corrected chi connectivity index (χ0v) is 23.6. The number of ether oxygens (including phenoxy) is 1. The first-order valence-electron chi connectivity index (χ1n) is 12.6. The van der Waals surface area contributed by atoms with Gasteiger partial charge in [-0.1, -0.05) is 54.2 Å². The maximum absolute atomic E-state index is 13.3. The fraction of sp³-hybridized carbons (Fsp3) is 0.407. The molecule has 2 aromatic rings. The van der Waals surface area contributed by atoms with Crippen molar-refractivity contribution >= 4 is 64.5 Å². The number of amides is 3. The van der Waals surface area contributed by atoms with E-state index in [2.05, 4.69) is 10.6 Å². The van der Waals surface area contributed by atoms with Gasteiger partial charge in [-0.25, -0.2) is 9.59 Å². The van der Waals surface area contributed by atoms with Crippen LogP contribution in [0.3, 0.4) is 0 Å². The highest BCUT2D eigenvalue weighted by Crippen LogP contribution is 2.50. The monoisotopic (exact) mass is 593 g/mol. The molecule has 1 saturated heterocycles. The van der Waals surface area contributed by atoms with E-state index in [1.54, 1.807) is 61.2 Å². The second-order valence-corrected chi connectivity index (χ2v) is 11.6. The molecular formula is C27H29Cl2N3O6S. The Morgan fingerprint density at radius 3 is 2.33 bits per heavy atom. The van der Waals surface area contributed by atoms with Gasteiger partial charge in [0, 0.05) is 17.9 Å². The highest BCUT2D eigenvalue weighted by Gasteiger charge is 2.54. The fourth-order valence-corrected chi connectivity index (χ4v) is 7.25. The third-order valence-electron chi connectivity index (χ3n) is 6.87. The molecule has 3 amide bonds. The van der Waals surface area contributed by atoms with Gasteiger partial charge in [0.05, 0.1) is 27.1 Å². The molecule has 12 heteroatoms. The number of benzene rings is 2. The summed E-state index contributed by atoms with van der Waals surface area (Å²) in [7, 11) is 0. The van der Waals surface area contributed by atoms with Crippen molar-refractivity contribution in [1.29, 1.82) is 0 Å². The van der Waals surface area contributed by atoms with Crippen molar-refractivity contribution in [2.75, 3.05) is 17.7 Å². The number of thioether (sulfide) groups is 1. The van der Waals surface area contributed by atoms with E-state index < -0.39 is 40.8 Å². The molecule has 39 heavy (non-hydrogen) atoms. The maximum Gasteiger partial charge on any atom is 0.411 e. The van der Waals surface area contributed by atoms with Gasteiger partial charge in [0.15, 0.2) is 0 Å². The number of carboxylic acids is 1. The van der Waals surface area contributed by atoms with E-state index >= 15 is 0 Å². The molecule has 4 rings (SSSR count). The maximum atomic E-state index is 13.3. The number of anilines is 1. The van der Waals surface area contributed by atoms with Crippen LogP contribution in [-0.2, 0) is 20.7 Å². The third-order valence-corrected chi connectivity index (χ3v) is 9.12. The number of nitrogens with zero attached hydrogens (tertiary/aromatic N) is 1. The number of halogens is 2. The summed E-state index contributed by atoms with van der Waals surface area (Å²) in [5, 5.41) is 15.6. The van der Waals surface area contributed by atoms with Crippen molar-refractivity contribution < 1.29 is 29.0 Å². The molecule has 0 aromatic heterocycles. The van der Waals surface area contributed by atoms with Gasteiger partial charge in [-0.3, -0.25) is 14.5 Å². The largest absolute Gasteiger partial charge is 0.480 e. The van der Waals surface area contributed by atoms with Crippen LogP contribution in [0.4, 0.5) is 10.5 Å². The molecule has 2 atom stereocenters. The molecule has 1 aliphatic carbocycles. The minimum atomic E-state index is -1.21. The Kier molecular flexibility index (Phi) is 9.30. The topological polar surface area (TPSA) is 125 Å². The van der Waals surface area contributed by atoms with Crippen LogP contribution in [0.2, 0.25) is 10.0 Å². The quantitative estimate of drug-likeness (QED) is 0.384. The van der Waals surface area contributed by atoms with Crippen LogP contribution in [0.15, 0.2) is 42.5 Å². The van der Waals surface area contributed by atoms with Crippen LogP contribution in [-0.4, -0.2) is 63.2 Å².